The highest BCUT2D eigenvalue weighted by molar-refractivity contribution is 5.89. The van der Waals surface area contributed by atoms with Crippen LogP contribution < -0.4 is 16.0 Å². The van der Waals surface area contributed by atoms with Gasteiger partial charge in [0.2, 0.25) is 11.8 Å². The van der Waals surface area contributed by atoms with Crippen LogP contribution in [0.15, 0.2) is 60.7 Å². The average molecular weight is 609 g/mol. The number of nitrogens with one attached hydrogen (secondary N) is 3. The van der Waals surface area contributed by atoms with Gasteiger partial charge in [-0.2, -0.15) is 0 Å². The van der Waals surface area contributed by atoms with Crippen LogP contribution in [0.25, 0.3) is 0 Å². The smallest absolute Gasteiger partial charge is 0.407 e. The summed E-state index contributed by atoms with van der Waals surface area (Å²) in [6.45, 7) is 10.5. The van der Waals surface area contributed by atoms with E-state index in [1.54, 1.807) is 20.8 Å². The summed E-state index contributed by atoms with van der Waals surface area (Å²) >= 11 is 0. The molecule has 242 valence electrons. The molecule has 0 spiro atoms. The molecule has 1 aliphatic rings. The van der Waals surface area contributed by atoms with E-state index in [4.69, 9.17) is 4.74 Å². The Labute approximate surface area is 263 Å². The van der Waals surface area contributed by atoms with Crippen molar-refractivity contribution < 1.29 is 24.2 Å². The fourth-order valence-electron chi connectivity index (χ4n) is 5.62. The van der Waals surface area contributed by atoms with Crippen LogP contribution in [0.3, 0.4) is 0 Å². The van der Waals surface area contributed by atoms with Crippen molar-refractivity contribution in [2.75, 3.05) is 20.1 Å². The molecule has 1 aliphatic heterocycles. The third-order valence-electron chi connectivity index (χ3n) is 8.13. The van der Waals surface area contributed by atoms with Gasteiger partial charge >= 0.3 is 6.09 Å². The van der Waals surface area contributed by atoms with Gasteiger partial charge in [-0.15, -0.1) is 0 Å². The van der Waals surface area contributed by atoms with Crippen LogP contribution in [-0.2, 0) is 27.2 Å². The number of hydrogen-bond acceptors (Lipinski definition) is 6. The SMILES string of the molecule is CNC1CCN(C(=O)[C@@H](NC(=O)C(Cc2ccccc2)CC(O)C(Cc2ccccc2)NC(=O)OC(C)(C)C)C(C)C)CC1. The molecule has 1 saturated heterocycles. The summed E-state index contributed by atoms with van der Waals surface area (Å²) in [5.74, 6) is -1.12. The van der Waals surface area contributed by atoms with Crippen LogP contribution in [0.4, 0.5) is 4.79 Å². The molecule has 0 aliphatic carbocycles. The van der Waals surface area contributed by atoms with E-state index in [1.807, 2.05) is 86.5 Å². The van der Waals surface area contributed by atoms with Crippen LogP contribution >= 0.6 is 0 Å². The third kappa shape index (κ3) is 11.2. The average Bonchev–Trinajstić information content (AvgIpc) is 2.98. The van der Waals surface area contributed by atoms with Gasteiger partial charge in [-0.1, -0.05) is 74.5 Å². The molecule has 3 rings (SSSR count). The Hall–Kier alpha value is -3.43. The first-order valence-electron chi connectivity index (χ1n) is 15.9. The van der Waals surface area contributed by atoms with Crippen molar-refractivity contribution in [1.29, 1.82) is 0 Å². The van der Waals surface area contributed by atoms with E-state index in [9.17, 15) is 19.5 Å². The Balaban J connectivity index is 1.81. The maximum absolute atomic E-state index is 14.0. The monoisotopic (exact) mass is 608 g/mol. The largest absolute Gasteiger partial charge is 0.444 e. The van der Waals surface area contributed by atoms with E-state index in [0.717, 1.165) is 24.0 Å². The summed E-state index contributed by atoms with van der Waals surface area (Å²) in [4.78, 5) is 42.2. The predicted molar refractivity (Wildman–Crippen MR) is 173 cm³/mol. The fraction of sp³-hybridized carbons (Fsp3) is 0.571. The van der Waals surface area contributed by atoms with Gasteiger partial charge in [-0.25, -0.2) is 4.79 Å². The van der Waals surface area contributed by atoms with Gasteiger partial charge in [0.05, 0.1) is 12.1 Å². The number of aliphatic hydroxyl groups excluding tert-OH is 1. The topological polar surface area (TPSA) is 120 Å². The summed E-state index contributed by atoms with van der Waals surface area (Å²) in [6, 6.07) is 18.2. The lowest BCUT2D eigenvalue weighted by molar-refractivity contribution is -0.139. The van der Waals surface area contributed by atoms with Crippen LogP contribution in [-0.4, -0.2) is 77.9 Å². The Bertz CT molecular complexity index is 1180. The normalized spacial score (nSPS) is 17.0. The first-order chi connectivity index (χ1) is 20.9. The molecule has 1 fully saturated rings. The maximum Gasteiger partial charge on any atom is 0.407 e. The number of ether oxygens (including phenoxy) is 1. The van der Waals surface area contributed by atoms with Crippen LogP contribution in [0.1, 0.15) is 65.0 Å². The minimum atomic E-state index is -1.06. The fourth-order valence-corrected chi connectivity index (χ4v) is 5.62. The Kier molecular flexibility index (Phi) is 13.2. The summed E-state index contributed by atoms with van der Waals surface area (Å²) in [5.41, 5.74) is 1.17. The van der Waals surface area contributed by atoms with Gasteiger partial charge in [0.15, 0.2) is 0 Å². The number of rotatable bonds is 13. The van der Waals surface area contributed by atoms with Crippen molar-refractivity contribution in [3.8, 4) is 0 Å². The van der Waals surface area contributed by atoms with Crippen LogP contribution in [0, 0.1) is 11.8 Å². The van der Waals surface area contributed by atoms with Crippen molar-refractivity contribution >= 4 is 17.9 Å². The molecule has 1 heterocycles. The van der Waals surface area contributed by atoms with E-state index < -0.39 is 35.8 Å². The second kappa shape index (κ2) is 16.6. The second-order valence-corrected chi connectivity index (χ2v) is 13.3. The van der Waals surface area contributed by atoms with E-state index in [-0.39, 0.29) is 24.2 Å². The van der Waals surface area contributed by atoms with Gasteiger partial charge in [0.25, 0.3) is 0 Å². The summed E-state index contributed by atoms with van der Waals surface area (Å²) < 4.78 is 5.49. The number of amides is 3. The van der Waals surface area contributed by atoms with E-state index in [1.165, 1.54) is 0 Å². The lowest BCUT2D eigenvalue weighted by Crippen LogP contribution is -2.55. The number of benzene rings is 2. The molecular weight excluding hydrogens is 556 g/mol. The first-order valence-corrected chi connectivity index (χ1v) is 15.9. The molecule has 9 heteroatoms. The highest BCUT2D eigenvalue weighted by Gasteiger charge is 2.35. The molecule has 4 N–H and O–H groups in total. The van der Waals surface area contributed by atoms with Gasteiger partial charge in [-0.3, -0.25) is 9.59 Å². The van der Waals surface area contributed by atoms with Crippen LogP contribution in [0.5, 0.6) is 0 Å². The molecule has 0 aromatic heterocycles. The number of piperidine rings is 1. The second-order valence-electron chi connectivity index (χ2n) is 13.3. The molecular formula is C35H52N4O5. The van der Waals surface area contributed by atoms with Crippen molar-refractivity contribution in [2.24, 2.45) is 11.8 Å². The number of carbonyl (C=O) groups is 3. The number of aliphatic hydroxyl groups is 1. The van der Waals surface area contributed by atoms with E-state index in [0.29, 0.717) is 32.0 Å². The van der Waals surface area contributed by atoms with E-state index >= 15 is 0 Å². The quantitative estimate of drug-likeness (QED) is 0.272. The number of nitrogens with zero attached hydrogens (tertiary/aromatic N) is 1. The number of likely N-dealkylation sites (tertiary alicyclic amines) is 1. The lowest BCUT2D eigenvalue weighted by atomic mass is 9.88. The highest BCUT2D eigenvalue weighted by Crippen LogP contribution is 2.21. The van der Waals surface area contributed by atoms with E-state index in [2.05, 4.69) is 16.0 Å². The Morgan fingerprint density at radius 1 is 0.909 bits per heavy atom. The standard InChI is InChI=1S/C35H52N4O5/c1-24(2)31(33(42)39-19-17-28(36-6)18-20-39)38-32(41)27(21-25-13-9-7-10-14-25)23-30(40)29(22-26-15-11-8-12-16-26)37-34(43)44-35(3,4)5/h7-16,24,27-31,36,40H,17-23H2,1-6H3,(H,37,43)(H,38,41)/t27?,29?,30?,31-/m0/s1. The summed E-state index contributed by atoms with van der Waals surface area (Å²) in [7, 11) is 1.94. The van der Waals surface area contributed by atoms with Crippen molar-refractivity contribution in [1.82, 2.24) is 20.9 Å². The minimum absolute atomic E-state index is 0.0736. The van der Waals surface area contributed by atoms with Gasteiger partial charge < -0.3 is 30.7 Å². The van der Waals surface area contributed by atoms with Gasteiger partial charge in [0, 0.05) is 25.0 Å². The zero-order valence-electron chi connectivity index (χ0n) is 27.2. The minimum Gasteiger partial charge on any atom is -0.444 e. The van der Waals surface area contributed by atoms with Gasteiger partial charge in [0.1, 0.15) is 11.6 Å². The highest BCUT2D eigenvalue weighted by atomic mass is 16.6. The summed E-state index contributed by atoms with van der Waals surface area (Å²) in [6.07, 6.45) is 0.872. The molecule has 2 aromatic carbocycles. The molecule has 0 radical (unpaired) electrons. The first kappa shape index (κ1) is 35.1. The van der Waals surface area contributed by atoms with Crippen molar-refractivity contribution in [2.45, 2.75) is 96.6 Å². The molecule has 9 nitrogen and oxygen atoms in total. The molecule has 4 atom stereocenters. The van der Waals surface area contributed by atoms with Crippen molar-refractivity contribution in [3.63, 3.8) is 0 Å². The molecule has 0 bridgehead atoms. The zero-order valence-corrected chi connectivity index (χ0v) is 27.2. The lowest BCUT2D eigenvalue weighted by Gasteiger charge is -2.36. The number of carbonyl (C=O) groups excluding carboxylic acids is 3. The molecule has 2 aromatic rings. The van der Waals surface area contributed by atoms with Crippen LogP contribution in [0.2, 0.25) is 0 Å². The van der Waals surface area contributed by atoms with Crippen molar-refractivity contribution in [3.05, 3.63) is 71.8 Å². The maximum atomic E-state index is 14.0. The molecule has 3 unspecified atom stereocenters. The predicted octanol–water partition coefficient (Wildman–Crippen LogP) is 4.08. The Morgan fingerprint density at radius 3 is 1.95 bits per heavy atom. The Morgan fingerprint density at radius 2 is 1.45 bits per heavy atom. The number of alkyl carbamates (subject to hydrolysis) is 1. The zero-order chi connectivity index (χ0) is 32.3. The summed E-state index contributed by atoms with van der Waals surface area (Å²) in [5, 5.41) is 20.8. The molecule has 3 amide bonds. The molecule has 44 heavy (non-hydrogen) atoms. The van der Waals surface area contributed by atoms with Gasteiger partial charge in [-0.05, 0) is 77.0 Å². The number of hydrogen-bond donors (Lipinski definition) is 4. The third-order valence-corrected chi connectivity index (χ3v) is 8.13. The molecule has 0 saturated carbocycles.